The summed E-state index contributed by atoms with van der Waals surface area (Å²) in [7, 11) is -3.79. The van der Waals surface area contributed by atoms with Crippen molar-refractivity contribution in [3.63, 3.8) is 0 Å². The van der Waals surface area contributed by atoms with Crippen LogP contribution in [0.15, 0.2) is 52.2 Å². The molecule has 0 atom stereocenters. The SMILES string of the molecule is CCN(CC)S(=O)(=O)c1ccc(O)c(NC(=O)c2nn(CC(C)C)c(=O)c3ccccc23)c1. The number of anilines is 1. The van der Waals surface area contributed by atoms with Crippen LogP contribution in [0.2, 0.25) is 0 Å². The fourth-order valence-electron chi connectivity index (χ4n) is 3.54. The van der Waals surface area contributed by atoms with Crippen molar-refractivity contribution in [2.45, 2.75) is 39.1 Å². The number of aromatic nitrogens is 2. The van der Waals surface area contributed by atoms with Gasteiger partial charge in [-0.15, -0.1) is 0 Å². The lowest BCUT2D eigenvalue weighted by atomic mass is 10.1. The first-order chi connectivity index (χ1) is 15.6. The van der Waals surface area contributed by atoms with Crippen LogP contribution in [0.4, 0.5) is 5.69 Å². The van der Waals surface area contributed by atoms with E-state index >= 15 is 0 Å². The zero-order valence-corrected chi connectivity index (χ0v) is 19.9. The summed E-state index contributed by atoms with van der Waals surface area (Å²) >= 11 is 0. The number of sulfonamides is 1. The third kappa shape index (κ3) is 4.91. The van der Waals surface area contributed by atoms with E-state index in [-0.39, 0.29) is 46.6 Å². The van der Waals surface area contributed by atoms with Crippen LogP contribution in [0.3, 0.4) is 0 Å². The van der Waals surface area contributed by atoms with Gasteiger partial charge in [0, 0.05) is 25.0 Å². The largest absolute Gasteiger partial charge is 0.506 e. The minimum atomic E-state index is -3.79. The van der Waals surface area contributed by atoms with Gasteiger partial charge in [0.25, 0.3) is 11.5 Å². The summed E-state index contributed by atoms with van der Waals surface area (Å²) in [5.74, 6) is -0.837. The number of carbonyl (C=O) groups is 1. The fourth-order valence-corrected chi connectivity index (χ4v) is 5.03. The number of hydrogen-bond acceptors (Lipinski definition) is 6. The van der Waals surface area contributed by atoms with Crippen LogP contribution < -0.4 is 10.9 Å². The van der Waals surface area contributed by atoms with Gasteiger partial charge in [-0.25, -0.2) is 13.1 Å². The van der Waals surface area contributed by atoms with Crippen LogP contribution in [-0.2, 0) is 16.6 Å². The van der Waals surface area contributed by atoms with Gasteiger partial charge >= 0.3 is 0 Å². The number of fused-ring (bicyclic) bond motifs is 1. The Balaban J connectivity index is 2.06. The Bertz CT molecular complexity index is 1340. The summed E-state index contributed by atoms with van der Waals surface area (Å²) in [5, 5.41) is 17.8. The molecule has 33 heavy (non-hydrogen) atoms. The van der Waals surface area contributed by atoms with Crippen molar-refractivity contribution in [3.8, 4) is 5.75 Å². The lowest BCUT2D eigenvalue weighted by Gasteiger charge is -2.19. The number of phenols is 1. The molecule has 0 saturated carbocycles. The van der Waals surface area contributed by atoms with Gasteiger partial charge in [-0.05, 0) is 30.2 Å². The zero-order chi connectivity index (χ0) is 24.3. The molecule has 1 heterocycles. The highest BCUT2D eigenvalue weighted by atomic mass is 32.2. The molecule has 0 aliphatic heterocycles. The second kappa shape index (κ2) is 9.72. The normalized spacial score (nSPS) is 11.9. The molecule has 1 amide bonds. The molecule has 0 saturated heterocycles. The predicted octanol–water partition coefficient (Wildman–Crippen LogP) is 3.04. The number of rotatable bonds is 8. The molecule has 0 radical (unpaired) electrons. The Labute approximate surface area is 192 Å². The van der Waals surface area contributed by atoms with E-state index in [1.807, 2.05) is 13.8 Å². The van der Waals surface area contributed by atoms with Gasteiger partial charge in [0.2, 0.25) is 10.0 Å². The van der Waals surface area contributed by atoms with Crippen LogP contribution >= 0.6 is 0 Å². The Morgan fingerprint density at radius 1 is 1.12 bits per heavy atom. The summed E-state index contributed by atoms with van der Waals surface area (Å²) in [6.45, 7) is 8.22. The molecule has 3 aromatic rings. The van der Waals surface area contributed by atoms with E-state index in [2.05, 4.69) is 10.4 Å². The van der Waals surface area contributed by atoms with Crippen molar-refractivity contribution < 1.29 is 18.3 Å². The van der Waals surface area contributed by atoms with Crippen LogP contribution in [0, 0.1) is 5.92 Å². The molecule has 1 aromatic heterocycles. The van der Waals surface area contributed by atoms with Crippen molar-refractivity contribution in [1.82, 2.24) is 14.1 Å². The third-order valence-corrected chi connectivity index (χ3v) is 7.23. The Morgan fingerprint density at radius 3 is 2.36 bits per heavy atom. The molecule has 2 aromatic carbocycles. The zero-order valence-electron chi connectivity index (χ0n) is 19.1. The van der Waals surface area contributed by atoms with Crippen molar-refractivity contribution in [2.75, 3.05) is 18.4 Å². The van der Waals surface area contributed by atoms with Crippen LogP contribution in [0.25, 0.3) is 10.8 Å². The minimum Gasteiger partial charge on any atom is -0.506 e. The monoisotopic (exact) mass is 472 g/mol. The van der Waals surface area contributed by atoms with E-state index in [1.165, 1.54) is 27.2 Å². The van der Waals surface area contributed by atoms with Crippen LogP contribution in [-0.4, -0.2) is 46.6 Å². The topological polar surface area (TPSA) is 122 Å². The quantitative estimate of drug-likeness (QED) is 0.486. The first kappa shape index (κ1) is 24.4. The molecular weight excluding hydrogens is 444 g/mol. The average molecular weight is 473 g/mol. The molecule has 2 N–H and O–H groups in total. The molecule has 0 unspecified atom stereocenters. The number of phenolic OH excluding ortho intramolecular Hbond substituents is 1. The van der Waals surface area contributed by atoms with E-state index in [1.54, 1.807) is 38.1 Å². The average Bonchev–Trinajstić information content (AvgIpc) is 2.77. The lowest BCUT2D eigenvalue weighted by Crippen LogP contribution is -2.30. The van der Waals surface area contributed by atoms with E-state index in [0.717, 1.165) is 0 Å². The first-order valence-corrected chi connectivity index (χ1v) is 12.2. The summed E-state index contributed by atoms with van der Waals surface area (Å²) in [4.78, 5) is 25.9. The molecule has 0 aliphatic rings. The molecule has 9 nitrogen and oxygen atoms in total. The number of nitrogens with zero attached hydrogens (tertiary/aromatic N) is 3. The van der Waals surface area contributed by atoms with Crippen LogP contribution in [0.5, 0.6) is 5.75 Å². The predicted molar refractivity (Wildman–Crippen MR) is 127 cm³/mol. The number of amides is 1. The number of hydrogen-bond donors (Lipinski definition) is 2. The summed E-state index contributed by atoms with van der Waals surface area (Å²) in [6.07, 6.45) is 0. The number of nitrogens with one attached hydrogen (secondary N) is 1. The Morgan fingerprint density at radius 2 is 1.76 bits per heavy atom. The van der Waals surface area contributed by atoms with Gasteiger partial charge < -0.3 is 10.4 Å². The maximum atomic E-state index is 13.2. The number of benzene rings is 2. The van der Waals surface area contributed by atoms with Crippen molar-refractivity contribution in [1.29, 1.82) is 0 Å². The second-order valence-corrected chi connectivity index (χ2v) is 9.94. The van der Waals surface area contributed by atoms with Gasteiger partial charge in [-0.1, -0.05) is 45.9 Å². The third-order valence-electron chi connectivity index (χ3n) is 5.18. The van der Waals surface area contributed by atoms with Gasteiger partial charge in [0.05, 0.1) is 16.0 Å². The summed E-state index contributed by atoms with van der Waals surface area (Å²) in [5.41, 5.74) is -0.367. The summed E-state index contributed by atoms with van der Waals surface area (Å²) in [6, 6.07) is 10.4. The van der Waals surface area contributed by atoms with E-state index in [4.69, 9.17) is 0 Å². The second-order valence-electron chi connectivity index (χ2n) is 8.00. The summed E-state index contributed by atoms with van der Waals surface area (Å²) < 4.78 is 28.2. The standard InChI is InChI=1S/C23H28N4O5S/c1-5-26(6-2)33(31,32)16-11-12-20(28)19(13-16)24-22(29)21-17-9-7-8-10-18(17)23(30)27(25-21)14-15(3)4/h7-13,15,28H,5-6,14H2,1-4H3,(H,24,29). The smallest absolute Gasteiger partial charge is 0.276 e. The molecule has 10 heteroatoms. The van der Waals surface area contributed by atoms with Gasteiger partial charge in [0.15, 0.2) is 5.69 Å². The first-order valence-electron chi connectivity index (χ1n) is 10.7. The van der Waals surface area contributed by atoms with Crippen molar-refractivity contribution >= 4 is 32.4 Å². The number of aromatic hydroxyl groups is 1. The Kier molecular flexibility index (Phi) is 7.19. The molecule has 3 rings (SSSR count). The van der Waals surface area contributed by atoms with Gasteiger partial charge in [-0.2, -0.15) is 9.40 Å². The molecule has 0 spiro atoms. The number of carbonyl (C=O) groups excluding carboxylic acids is 1. The molecule has 176 valence electrons. The van der Waals surface area contributed by atoms with Gasteiger partial charge in [0.1, 0.15) is 5.75 Å². The van der Waals surface area contributed by atoms with Crippen molar-refractivity contribution in [3.05, 3.63) is 58.5 Å². The molecular formula is C23H28N4O5S. The Hall–Kier alpha value is -3.24. The molecule has 0 bridgehead atoms. The highest BCUT2D eigenvalue weighted by Gasteiger charge is 2.24. The highest BCUT2D eigenvalue weighted by Crippen LogP contribution is 2.29. The van der Waals surface area contributed by atoms with E-state index in [9.17, 15) is 23.1 Å². The van der Waals surface area contributed by atoms with Crippen molar-refractivity contribution in [2.24, 2.45) is 5.92 Å². The van der Waals surface area contributed by atoms with E-state index in [0.29, 0.717) is 17.3 Å². The van der Waals surface area contributed by atoms with E-state index < -0.39 is 15.9 Å². The highest BCUT2D eigenvalue weighted by molar-refractivity contribution is 7.89. The minimum absolute atomic E-state index is 0.00209. The maximum Gasteiger partial charge on any atom is 0.276 e. The van der Waals surface area contributed by atoms with Gasteiger partial charge in [-0.3, -0.25) is 9.59 Å². The lowest BCUT2D eigenvalue weighted by molar-refractivity contribution is 0.102. The maximum absolute atomic E-state index is 13.2. The molecule has 0 fully saturated rings. The van der Waals surface area contributed by atoms with Crippen LogP contribution in [0.1, 0.15) is 38.2 Å². The fraction of sp³-hybridized carbons (Fsp3) is 0.348. The molecule has 0 aliphatic carbocycles.